The normalized spacial score (nSPS) is 12.9. The summed E-state index contributed by atoms with van der Waals surface area (Å²) in [4.78, 5) is 15.7. The van der Waals surface area contributed by atoms with Crippen molar-refractivity contribution in [3.8, 4) is 11.3 Å². The first-order valence-corrected chi connectivity index (χ1v) is 10.3. The topological polar surface area (TPSA) is 85.9 Å². The third-order valence-electron chi connectivity index (χ3n) is 5.97. The molecule has 3 N–H and O–H groups in total. The number of carbonyl (C=O) groups is 1. The SMILES string of the molecule is O=C(N/N=C/c1c[nH]c2ccccc12)c1cc(-c2ccc3c4c(cccc24)CC3)n[nH]1. The summed E-state index contributed by atoms with van der Waals surface area (Å²) in [7, 11) is 0. The number of aryl methyl sites for hydroxylation is 2. The van der Waals surface area contributed by atoms with Crippen LogP contribution in [0.15, 0.2) is 72.0 Å². The molecule has 31 heavy (non-hydrogen) atoms. The van der Waals surface area contributed by atoms with Gasteiger partial charge in [0.05, 0.1) is 11.9 Å². The Morgan fingerprint density at radius 2 is 1.84 bits per heavy atom. The molecule has 6 rings (SSSR count). The minimum atomic E-state index is -0.333. The number of rotatable bonds is 4. The predicted octanol–water partition coefficient (Wildman–Crippen LogP) is 4.57. The molecule has 1 aliphatic carbocycles. The number of benzene rings is 3. The first-order valence-electron chi connectivity index (χ1n) is 10.3. The lowest BCUT2D eigenvalue weighted by Crippen LogP contribution is -2.17. The molecule has 0 saturated heterocycles. The third kappa shape index (κ3) is 2.92. The van der Waals surface area contributed by atoms with Crippen LogP contribution in [0.25, 0.3) is 32.9 Å². The van der Waals surface area contributed by atoms with Gasteiger partial charge in [-0.15, -0.1) is 0 Å². The molecule has 0 spiro atoms. The highest BCUT2D eigenvalue weighted by molar-refractivity contribution is 6.02. The zero-order chi connectivity index (χ0) is 20.8. The molecule has 2 heterocycles. The Balaban J connectivity index is 1.25. The first kappa shape index (κ1) is 17.7. The van der Waals surface area contributed by atoms with Crippen LogP contribution < -0.4 is 5.43 Å². The van der Waals surface area contributed by atoms with Gasteiger partial charge >= 0.3 is 0 Å². The molecule has 6 heteroatoms. The number of H-pyrrole nitrogens is 2. The van der Waals surface area contributed by atoms with E-state index in [1.165, 1.54) is 21.9 Å². The van der Waals surface area contributed by atoms with Crippen LogP contribution in [0.4, 0.5) is 0 Å². The quantitative estimate of drug-likeness (QED) is 0.302. The number of aromatic amines is 2. The molecule has 2 aromatic heterocycles. The molecular formula is C25H19N5O. The van der Waals surface area contributed by atoms with Crippen LogP contribution in [-0.2, 0) is 12.8 Å². The van der Waals surface area contributed by atoms with E-state index in [1.807, 2.05) is 30.5 Å². The van der Waals surface area contributed by atoms with Gasteiger partial charge in [-0.3, -0.25) is 9.89 Å². The first-order chi connectivity index (χ1) is 15.3. The fourth-order valence-corrected chi connectivity index (χ4v) is 4.47. The smallest absolute Gasteiger partial charge is 0.289 e. The van der Waals surface area contributed by atoms with Crippen molar-refractivity contribution >= 4 is 33.8 Å². The number of hydrazone groups is 1. The number of carbonyl (C=O) groups excluding carboxylic acids is 1. The molecule has 6 nitrogen and oxygen atoms in total. The van der Waals surface area contributed by atoms with Gasteiger partial charge in [0, 0.05) is 28.2 Å². The lowest BCUT2D eigenvalue weighted by molar-refractivity contribution is 0.0950. The Morgan fingerprint density at radius 1 is 1.00 bits per heavy atom. The molecule has 1 aliphatic rings. The summed E-state index contributed by atoms with van der Waals surface area (Å²) in [6.45, 7) is 0. The summed E-state index contributed by atoms with van der Waals surface area (Å²) in [6, 6.07) is 20.4. The highest BCUT2D eigenvalue weighted by Gasteiger charge is 2.18. The van der Waals surface area contributed by atoms with Crippen LogP contribution in [-0.4, -0.2) is 27.3 Å². The van der Waals surface area contributed by atoms with Crippen LogP contribution in [0.1, 0.15) is 27.2 Å². The number of amides is 1. The molecule has 0 unspecified atom stereocenters. The lowest BCUT2D eigenvalue weighted by Gasteiger charge is -2.06. The van der Waals surface area contributed by atoms with Gasteiger partial charge in [-0.1, -0.05) is 48.5 Å². The van der Waals surface area contributed by atoms with E-state index in [-0.39, 0.29) is 5.91 Å². The molecule has 0 radical (unpaired) electrons. The van der Waals surface area contributed by atoms with Crippen molar-refractivity contribution in [2.24, 2.45) is 5.10 Å². The summed E-state index contributed by atoms with van der Waals surface area (Å²) in [5.41, 5.74) is 9.43. The summed E-state index contributed by atoms with van der Waals surface area (Å²) >= 11 is 0. The summed E-state index contributed by atoms with van der Waals surface area (Å²) in [5.74, 6) is -0.333. The Morgan fingerprint density at radius 3 is 2.77 bits per heavy atom. The summed E-state index contributed by atoms with van der Waals surface area (Å²) in [5, 5.41) is 14.9. The second-order valence-corrected chi connectivity index (χ2v) is 7.77. The molecule has 0 saturated carbocycles. The predicted molar refractivity (Wildman–Crippen MR) is 122 cm³/mol. The molecule has 0 atom stereocenters. The molecule has 1 amide bonds. The van der Waals surface area contributed by atoms with E-state index in [2.05, 4.69) is 56.0 Å². The highest BCUT2D eigenvalue weighted by atomic mass is 16.2. The van der Waals surface area contributed by atoms with Crippen LogP contribution in [0.2, 0.25) is 0 Å². The van der Waals surface area contributed by atoms with E-state index in [0.717, 1.165) is 40.6 Å². The minimum absolute atomic E-state index is 0.333. The number of fused-ring (bicyclic) bond motifs is 1. The van der Waals surface area contributed by atoms with Crippen LogP contribution in [0.3, 0.4) is 0 Å². The second-order valence-electron chi connectivity index (χ2n) is 7.77. The van der Waals surface area contributed by atoms with Crippen molar-refractivity contribution in [1.29, 1.82) is 0 Å². The van der Waals surface area contributed by atoms with E-state index in [1.54, 1.807) is 12.3 Å². The van der Waals surface area contributed by atoms with Gasteiger partial charge in [0.1, 0.15) is 5.69 Å². The maximum atomic E-state index is 12.6. The number of nitrogens with zero attached hydrogens (tertiary/aromatic N) is 2. The molecule has 5 aromatic rings. The van der Waals surface area contributed by atoms with Crippen LogP contribution in [0.5, 0.6) is 0 Å². The number of hydrogen-bond donors (Lipinski definition) is 3. The van der Waals surface area contributed by atoms with E-state index < -0.39 is 0 Å². The second kappa shape index (κ2) is 6.95. The van der Waals surface area contributed by atoms with Crippen molar-refractivity contribution in [2.45, 2.75) is 12.8 Å². The third-order valence-corrected chi connectivity index (χ3v) is 5.97. The fraction of sp³-hybridized carbons (Fsp3) is 0.0800. The Hall–Kier alpha value is -4.19. The molecule has 0 fully saturated rings. The Bertz CT molecular complexity index is 1480. The average Bonchev–Trinajstić information content (AvgIpc) is 3.54. The van der Waals surface area contributed by atoms with Gasteiger partial charge in [0.15, 0.2) is 0 Å². The number of para-hydroxylation sites is 1. The van der Waals surface area contributed by atoms with Crippen molar-refractivity contribution in [1.82, 2.24) is 20.6 Å². The average molecular weight is 405 g/mol. The van der Waals surface area contributed by atoms with Crippen molar-refractivity contribution in [3.05, 3.63) is 89.2 Å². The standard InChI is InChI=1S/C25H19N5O/c31-25(30-27-14-17-13-26-21-7-2-1-5-18(17)21)23-12-22(28-29-23)19-11-10-16-9-8-15-4-3-6-20(19)24(15)16/h1-7,10-14,26H,8-9H2,(H,28,29)(H,30,31)/b27-14+. The van der Waals surface area contributed by atoms with Crippen LogP contribution in [0, 0.1) is 0 Å². The lowest BCUT2D eigenvalue weighted by atomic mass is 9.98. The molecule has 150 valence electrons. The molecule has 0 aliphatic heterocycles. The van der Waals surface area contributed by atoms with E-state index in [0.29, 0.717) is 5.69 Å². The van der Waals surface area contributed by atoms with Crippen LogP contribution >= 0.6 is 0 Å². The number of hydrogen-bond acceptors (Lipinski definition) is 3. The largest absolute Gasteiger partial charge is 0.361 e. The number of aromatic nitrogens is 3. The van der Waals surface area contributed by atoms with E-state index in [9.17, 15) is 4.79 Å². The zero-order valence-electron chi connectivity index (χ0n) is 16.6. The van der Waals surface area contributed by atoms with Gasteiger partial charge in [0.25, 0.3) is 5.91 Å². The van der Waals surface area contributed by atoms with E-state index in [4.69, 9.17) is 0 Å². The summed E-state index contributed by atoms with van der Waals surface area (Å²) < 4.78 is 0. The summed E-state index contributed by atoms with van der Waals surface area (Å²) in [6.07, 6.45) is 5.67. The van der Waals surface area contributed by atoms with Gasteiger partial charge in [-0.2, -0.15) is 10.2 Å². The van der Waals surface area contributed by atoms with E-state index >= 15 is 0 Å². The maximum Gasteiger partial charge on any atom is 0.289 e. The van der Waals surface area contributed by atoms with Gasteiger partial charge in [-0.25, -0.2) is 5.43 Å². The minimum Gasteiger partial charge on any atom is -0.361 e. The Labute approximate surface area is 178 Å². The van der Waals surface area contributed by atoms with Gasteiger partial charge < -0.3 is 4.98 Å². The van der Waals surface area contributed by atoms with Gasteiger partial charge in [-0.05, 0) is 46.9 Å². The number of nitrogens with one attached hydrogen (secondary N) is 3. The molecule has 3 aromatic carbocycles. The maximum absolute atomic E-state index is 12.6. The fourth-order valence-electron chi connectivity index (χ4n) is 4.47. The molecular weight excluding hydrogens is 386 g/mol. The van der Waals surface area contributed by atoms with Crippen molar-refractivity contribution in [2.75, 3.05) is 0 Å². The van der Waals surface area contributed by atoms with Gasteiger partial charge in [0.2, 0.25) is 0 Å². The Kier molecular flexibility index (Phi) is 3.96. The molecule has 0 bridgehead atoms. The zero-order valence-corrected chi connectivity index (χ0v) is 16.6. The van der Waals surface area contributed by atoms with Crippen molar-refractivity contribution in [3.63, 3.8) is 0 Å². The van der Waals surface area contributed by atoms with Crippen molar-refractivity contribution < 1.29 is 4.79 Å². The highest BCUT2D eigenvalue weighted by Crippen LogP contribution is 2.36. The monoisotopic (exact) mass is 405 g/mol.